The highest BCUT2D eigenvalue weighted by Gasteiger charge is 2.12. The largest absolute Gasteiger partial charge is 0.493 e. The predicted molar refractivity (Wildman–Crippen MR) is 135 cm³/mol. The Morgan fingerprint density at radius 1 is 1.12 bits per heavy atom. The molecular formula is C28H32N4O2. The lowest BCUT2D eigenvalue weighted by molar-refractivity contribution is 0.0953. The molecule has 0 fully saturated rings. The molecule has 0 saturated carbocycles. The minimum atomic E-state index is -0.122. The fraction of sp³-hybridized carbons (Fsp3) is 0.321. The molecule has 6 nitrogen and oxygen atoms in total. The van der Waals surface area contributed by atoms with E-state index in [0.717, 1.165) is 35.6 Å². The zero-order valence-electron chi connectivity index (χ0n) is 20.1. The SMILES string of the molecule is Cc1ccc(C(C)C)c(OCCCn2c(CCNC(=O)c3cccnc3)nc3ccccc32)c1. The van der Waals surface area contributed by atoms with Gasteiger partial charge in [0, 0.05) is 31.9 Å². The second-order valence-corrected chi connectivity index (χ2v) is 8.81. The van der Waals surface area contributed by atoms with Crippen LogP contribution in [0.15, 0.2) is 67.0 Å². The molecule has 0 radical (unpaired) electrons. The van der Waals surface area contributed by atoms with Gasteiger partial charge in [-0.25, -0.2) is 4.98 Å². The summed E-state index contributed by atoms with van der Waals surface area (Å²) >= 11 is 0. The summed E-state index contributed by atoms with van der Waals surface area (Å²) in [4.78, 5) is 21.2. The van der Waals surface area contributed by atoms with Crippen molar-refractivity contribution in [2.75, 3.05) is 13.2 Å². The molecule has 0 bridgehead atoms. The first-order valence-corrected chi connectivity index (χ1v) is 11.9. The van der Waals surface area contributed by atoms with Gasteiger partial charge in [-0.05, 0) is 60.7 Å². The zero-order valence-corrected chi connectivity index (χ0v) is 20.1. The summed E-state index contributed by atoms with van der Waals surface area (Å²) < 4.78 is 8.44. The smallest absolute Gasteiger partial charge is 0.252 e. The molecule has 176 valence electrons. The van der Waals surface area contributed by atoms with Crippen molar-refractivity contribution < 1.29 is 9.53 Å². The lowest BCUT2D eigenvalue weighted by Crippen LogP contribution is -2.26. The zero-order chi connectivity index (χ0) is 23.9. The average molecular weight is 457 g/mol. The van der Waals surface area contributed by atoms with Gasteiger partial charge in [0.05, 0.1) is 23.2 Å². The third-order valence-electron chi connectivity index (χ3n) is 5.87. The number of aryl methyl sites for hydroxylation is 2. The summed E-state index contributed by atoms with van der Waals surface area (Å²) in [6.45, 7) is 8.41. The molecule has 0 aliphatic heterocycles. The second-order valence-electron chi connectivity index (χ2n) is 8.81. The number of imidazole rings is 1. The Labute approximate surface area is 201 Å². The molecule has 2 heterocycles. The summed E-state index contributed by atoms with van der Waals surface area (Å²) in [6, 6.07) is 18.1. The van der Waals surface area contributed by atoms with Crippen molar-refractivity contribution in [1.82, 2.24) is 19.9 Å². The van der Waals surface area contributed by atoms with Gasteiger partial charge >= 0.3 is 0 Å². The van der Waals surface area contributed by atoms with E-state index in [1.165, 1.54) is 11.1 Å². The Hall–Kier alpha value is -3.67. The van der Waals surface area contributed by atoms with Crippen LogP contribution in [0, 0.1) is 6.92 Å². The van der Waals surface area contributed by atoms with Crippen molar-refractivity contribution in [2.45, 2.75) is 46.1 Å². The quantitative estimate of drug-likeness (QED) is 0.329. The summed E-state index contributed by atoms with van der Waals surface area (Å²) in [6.07, 6.45) is 4.74. The maximum atomic E-state index is 12.3. The van der Waals surface area contributed by atoms with E-state index in [1.54, 1.807) is 24.5 Å². The van der Waals surface area contributed by atoms with Crippen molar-refractivity contribution in [3.63, 3.8) is 0 Å². The van der Waals surface area contributed by atoms with Crippen LogP contribution in [0.5, 0.6) is 5.75 Å². The number of hydrogen-bond acceptors (Lipinski definition) is 4. The minimum Gasteiger partial charge on any atom is -0.493 e. The number of para-hydroxylation sites is 2. The third-order valence-corrected chi connectivity index (χ3v) is 5.87. The van der Waals surface area contributed by atoms with Crippen LogP contribution in [0.2, 0.25) is 0 Å². The molecular weight excluding hydrogens is 424 g/mol. The number of rotatable bonds is 10. The van der Waals surface area contributed by atoms with Gasteiger partial charge < -0.3 is 14.6 Å². The van der Waals surface area contributed by atoms with E-state index in [4.69, 9.17) is 9.72 Å². The third kappa shape index (κ3) is 5.63. The lowest BCUT2D eigenvalue weighted by Gasteiger charge is -2.15. The molecule has 6 heteroatoms. The first-order valence-electron chi connectivity index (χ1n) is 11.9. The number of nitrogens with one attached hydrogen (secondary N) is 1. The van der Waals surface area contributed by atoms with Crippen LogP contribution in [0.1, 0.15) is 53.5 Å². The summed E-state index contributed by atoms with van der Waals surface area (Å²) in [5.41, 5.74) is 5.08. The number of amides is 1. The number of carbonyl (C=O) groups excluding carboxylic acids is 1. The lowest BCUT2D eigenvalue weighted by atomic mass is 10.0. The molecule has 0 atom stereocenters. The Kier molecular flexibility index (Phi) is 7.58. The Balaban J connectivity index is 1.40. The normalized spacial score (nSPS) is 11.2. The number of nitrogens with zero attached hydrogens (tertiary/aromatic N) is 3. The van der Waals surface area contributed by atoms with Crippen molar-refractivity contribution in [1.29, 1.82) is 0 Å². The van der Waals surface area contributed by atoms with Gasteiger partial charge in [0.15, 0.2) is 0 Å². The van der Waals surface area contributed by atoms with E-state index < -0.39 is 0 Å². The summed E-state index contributed by atoms with van der Waals surface area (Å²) in [5, 5.41) is 2.97. The molecule has 34 heavy (non-hydrogen) atoms. The van der Waals surface area contributed by atoms with Crippen LogP contribution < -0.4 is 10.1 Å². The Morgan fingerprint density at radius 3 is 2.76 bits per heavy atom. The molecule has 0 aliphatic carbocycles. The van der Waals surface area contributed by atoms with Gasteiger partial charge in [-0.3, -0.25) is 9.78 Å². The van der Waals surface area contributed by atoms with E-state index in [9.17, 15) is 4.79 Å². The van der Waals surface area contributed by atoms with Crippen LogP contribution in [-0.2, 0) is 13.0 Å². The molecule has 0 aliphatic rings. The van der Waals surface area contributed by atoms with E-state index in [2.05, 4.69) is 59.9 Å². The number of ether oxygens (including phenoxy) is 1. The Morgan fingerprint density at radius 2 is 1.97 bits per heavy atom. The maximum absolute atomic E-state index is 12.3. The predicted octanol–water partition coefficient (Wildman–Crippen LogP) is 5.30. The van der Waals surface area contributed by atoms with E-state index in [1.807, 2.05) is 18.2 Å². The second kappa shape index (κ2) is 11.0. The first kappa shape index (κ1) is 23.5. The van der Waals surface area contributed by atoms with Crippen LogP contribution in [0.25, 0.3) is 11.0 Å². The topological polar surface area (TPSA) is 69.0 Å². The fourth-order valence-electron chi connectivity index (χ4n) is 4.10. The number of hydrogen-bond donors (Lipinski definition) is 1. The van der Waals surface area contributed by atoms with Crippen molar-refractivity contribution >= 4 is 16.9 Å². The van der Waals surface area contributed by atoms with Gasteiger partial charge in [-0.1, -0.05) is 38.1 Å². The first-order chi connectivity index (χ1) is 16.5. The van der Waals surface area contributed by atoms with Gasteiger partial charge in [0.2, 0.25) is 0 Å². The molecule has 0 unspecified atom stereocenters. The number of fused-ring (bicyclic) bond motifs is 1. The molecule has 0 spiro atoms. The van der Waals surface area contributed by atoms with Gasteiger partial charge in [-0.2, -0.15) is 0 Å². The van der Waals surface area contributed by atoms with Gasteiger partial charge in [-0.15, -0.1) is 0 Å². The Bertz CT molecular complexity index is 1250. The number of pyridine rings is 1. The maximum Gasteiger partial charge on any atom is 0.252 e. The number of carbonyl (C=O) groups is 1. The van der Waals surface area contributed by atoms with E-state index in [-0.39, 0.29) is 5.91 Å². The van der Waals surface area contributed by atoms with Gasteiger partial charge in [0.25, 0.3) is 5.91 Å². The van der Waals surface area contributed by atoms with Crippen LogP contribution in [-0.4, -0.2) is 33.6 Å². The molecule has 2 aromatic carbocycles. The monoisotopic (exact) mass is 456 g/mol. The van der Waals surface area contributed by atoms with Crippen molar-refractivity contribution in [3.05, 3.63) is 89.5 Å². The summed E-state index contributed by atoms with van der Waals surface area (Å²) in [7, 11) is 0. The molecule has 4 aromatic rings. The van der Waals surface area contributed by atoms with Crippen LogP contribution >= 0.6 is 0 Å². The average Bonchev–Trinajstić information content (AvgIpc) is 3.19. The number of aromatic nitrogens is 3. The van der Waals surface area contributed by atoms with Gasteiger partial charge in [0.1, 0.15) is 11.6 Å². The fourth-order valence-corrected chi connectivity index (χ4v) is 4.10. The number of benzene rings is 2. The van der Waals surface area contributed by atoms with E-state index in [0.29, 0.717) is 31.1 Å². The van der Waals surface area contributed by atoms with Crippen molar-refractivity contribution in [2.24, 2.45) is 0 Å². The van der Waals surface area contributed by atoms with Crippen LogP contribution in [0.3, 0.4) is 0 Å². The highest BCUT2D eigenvalue weighted by Crippen LogP contribution is 2.27. The highest BCUT2D eigenvalue weighted by atomic mass is 16.5. The summed E-state index contributed by atoms with van der Waals surface area (Å²) in [5.74, 6) is 2.24. The van der Waals surface area contributed by atoms with Crippen molar-refractivity contribution in [3.8, 4) is 5.75 Å². The molecule has 2 aromatic heterocycles. The highest BCUT2D eigenvalue weighted by molar-refractivity contribution is 5.93. The standard InChI is InChI=1S/C28H32N4O2/c1-20(2)23-12-11-21(3)18-26(23)34-17-7-16-32-25-10-5-4-9-24(25)31-27(32)13-15-30-28(33)22-8-6-14-29-19-22/h4-6,8-12,14,18-20H,7,13,15-17H2,1-3H3,(H,30,33). The molecule has 0 saturated heterocycles. The van der Waals surface area contributed by atoms with Crippen LogP contribution in [0.4, 0.5) is 0 Å². The van der Waals surface area contributed by atoms with E-state index >= 15 is 0 Å². The molecule has 4 rings (SSSR count). The molecule has 1 N–H and O–H groups in total. The molecule has 1 amide bonds. The minimum absolute atomic E-state index is 0.122.